The highest BCUT2D eigenvalue weighted by molar-refractivity contribution is 8.08. The molecule has 0 saturated heterocycles. The Morgan fingerprint density at radius 3 is 1.55 bits per heavy atom. The van der Waals surface area contributed by atoms with Crippen LogP contribution in [0.1, 0.15) is 0 Å². The monoisotopic (exact) mass is 360 g/mol. The third kappa shape index (κ3) is 3.95. The molecule has 0 aliphatic heterocycles. The normalized spacial score (nSPS) is 15.0. The largest absolute Gasteiger partial charge is 0.477 e. The molecule has 0 aliphatic rings. The molecule has 0 bridgehead atoms. The molecule has 1 aromatic rings. The van der Waals surface area contributed by atoms with Gasteiger partial charge in [0.25, 0.3) is 0 Å². The van der Waals surface area contributed by atoms with Crippen LogP contribution in [0, 0.1) is 29.1 Å². The third-order valence-corrected chi connectivity index (χ3v) is 4.50. The molecule has 0 saturated carbocycles. The van der Waals surface area contributed by atoms with Crippen LogP contribution < -0.4 is 4.52 Å². The first-order chi connectivity index (χ1) is 8.86. The number of benzene rings is 1. The zero-order valence-corrected chi connectivity index (χ0v) is 11.4. The fourth-order valence-electron chi connectivity index (χ4n) is 0.931. The first-order valence-corrected chi connectivity index (χ1v) is 8.28. The Hall–Kier alpha value is -0.610. The van der Waals surface area contributed by atoms with Crippen molar-refractivity contribution in [2.75, 3.05) is 0 Å². The van der Waals surface area contributed by atoms with Crippen molar-refractivity contribution in [3.8, 4) is 5.75 Å². The summed E-state index contributed by atoms with van der Waals surface area (Å²) in [4.78, 5) is 25.8. The van der Waals surface area contributed by atoms with E-state index in [0.717, 1.165) is 0 Å². The zero-order chi connectivity index (χ0) is 15.9. The lowest BCUT2D eigenvalue weighted by atomic mass is 10.3. The van der Waals surface area contributed by atoms with Crippen molar-refractivity contribution < 1.29 is 50.0 Å². The van der Waals surface area contributed by atoms with Gasteiger partial charge in [0.2, 0.25) is 34.8 Å². The quantitative estimate of drug-likeness (QED) is 0.327. The fourth-order valence-corrected chi connectivity index (χ4v) is 3.54. The molecule has 0 heterocycles. The summed E-state index contributed by atoms with van der Waals surface area (Å²) in [5.41, 5.74) is 0. The summed E-state index contributed by atoms with van der Waals surface area (Å²) in [6, 6.07) is 0. The van der Waals surface area contributed by atoms with Gasteiger partial charge in [0.1, 0.15) is 0 Å². The number of hydrogen-bond acceptors (Lipinski definition) is 4. The molecular weight excluding hydrogens is 357 g/mol. The average molecular weight is 360 g/mol. The molecule has 0 aliphatic carbocycles. The van der Waals surface area contributed by atoms with E-state index in [1.54, 1.807) is 0 Å². The van der Waals surface area contributed by atoms with Gasteiger partial charge in [-0.25, -0.2) is 17.7 Å². The van der Waals surface area contributed by atoms with Gasteiger partial charge in [-0.15, -0.1) is 0 Å². The van der Waals surface area contributed by atoms with Crippen molar-refractivity contribution in [1.82, 2.24) is 0 Å². The van der Waals surface area contributed by atoms with Crippen LogP contribution in [0.4, 0.5) is 22.0 Å². The molecule has 0 aromatic heterocycles. The van der Waals surface area contributed by atoms with Crippen LogP contribution in [0.2, 0.25) is 0 Å². The summed E-state index contributed by atoms with van der Waals surface area (Å²) in [6.45, 7) is -5.01. The molecule has 0 fully saturated rings. The van der Waals surface area contributed by atoms with Gasteiger partial charge < -0.3 is 19.2 Å². The van der Waals surface area contributed by atoms with Gasteiger partial charge in [-0.2, -0.15) is 13.1 Å². The Morgan fingerprint density at radius 2 is 1.20 bits per heavy atom. The molecule has 1 aromatic carbocycles. The van der Waals surface area contributed by atoms with Gasteiger partial charge in [-0.05, 0) is 0 Å². The maximum Gasteiger partial charge on any atom is 0.477 e. The maximum absolute atomic E-state index is 13.1. The minimum Gasteiger partial charge on any atom is -0.417 e. The second kappa shape index (κ2) is 5.64. The SMILES string of the molecule is O=P(O)(O)OP(O)(=S)Oc1c(F)c(F)c(F)c(F)c1F. The summed E-state index contributed by atoms with van der Waals surface area (Å²) < 4.78 is 82.2. The van der Waals surface area contributed by atoms with Crippen LogP contribution in [0.3, 0.4) is 0 Å². The van der Waals surface area contributed by atoms with E-state index >= 15 is 0 Å². The standard InChI is InChI=1S/C6H3F5O6P2S/c7-1-2(8)4(10)6(5(11)3(1)9)16-19(15,20)17-18(12,13)14/h(H,15,20)(H2,12,13,14). The first-order valence-electron chi connectivity index (χ1n) is 4.16. The summed E-state index contributed by atoms with van der Waals surface area (Å²) in [7, 11) is -5.42. The molecular formula is C6H3F5O6P2S. The molecule has 114 valence electrons. The van der Waals surface area contributed by atoms with E-state index in [2.05, 4.69) is 20.6 Å². The lowest BCUT2D eigenvalue weighted by molar-refractivity contribution is 0.256. The maximum atomic E-state index is 13.1. The van der Waals surface area contributed by atoms with Crippen molar-refractivity contribution in [3.63, 3.8) is 0 Å². The van der Waals surface area contributed by atoms with E-state index in [4.69, 9.17) is 14.7 Å². The first kappa shape index (κ1) is 17.4. The molecule has 3 N–H and O–H groups in total. The molecule has 0 spiro atoms. The Morgan fingerprint density at radius 1 is 0.850 bits per heavy atom. The molecule has 20 heavy (non-hydrogen) atoms. The highest BCUT2D eigenvalue weighted by Gasteiger charge is 2.34. The predicted molar refractivity (Wildman–Crippen MR) is 56.5 cm³/mol. The van der Waals surface area contributed by atoms with Crippen molar-refractivity contribution in [2.45, 2.75) is 0 Å². The Kier molecular flexibility index (Phi) is 4.92. The topological polar surface area (TPSA) is 96.2 Å². The van der Waals surface area contributed by atoms with E-state index in [1.165, 1.54) is 0 Å². The lowest BCUT2D eigenvalue weighted by Gasteiger charge is -2.17. The van der Waals surface area contributed by atoms with E-state index in [-0.39, 0.29) is 0 Å². The van der Waals surface area contributed by atoms with E-state index < -0.39 is 49.4 Å². The van der Waals surface area contributed by atoms with Crippen LogP contribution in [0.5, 0.6) is 5.75 Å². The van der Waals surface area contributed by atoms with Crippen molar-refractivity contribution in [3.05, 3.63) is 29.1 Å². The Bertz CT molecular complexity index is 618. The zero-order valence-electron chi connectivity index (χ0n) is 8.76. The smallest absolute Gasteiger partial charge is 0.417 e. The predicted octanol–water partition coefficient (Wildman–Crippen LogP) is 2.09. The highest BCUT2D eigenvalue weighted by atomic mass is 32.5. The number of halogens is 5. The Labute approximate surface area is 112 Å². The molecule has 0 radical (unpaired) electrons. The van der Waals surface area contributed by atoms with Gasteiger partial charge in [0.15, 0.2) is 0 Å². The molecule has 0 amide bonds. The van der Waals surface area contributed by atoms with Gasteiger partial charge in [0.05, 0.1) is 0 Å². The van der Waals surface area contributed by atoms with E-state index in [1.807, 2.05) is 0 Å². The second-order valence-electron chi connectivity index (χ2n) is 3.03. The molecule has 14 heteroatoms. The summed E-state index contributed by atoms with van der Waals surface area (Å²) in [5, 5.41) is 0. The highest BCUT2D eigenvalue weighted by Crippen LogP contribution is 2.58. The lowest BCUT2D eigenvalue weighted by Crippen LogP contribution is -2.06. The molecule has 1 atom stereocenters. The minimum absolute atomic E-state index is 2.01. The number of phosphoric acid groups is 1. The summed E-state index contributed by atoms with van der Waals surface area (Å²) in [6.07, 6.45) is 0. The average Bonchev–Trinajstić information content (AvgIpc) is 2.26. The number of hydrogen-bond donors (Lipinski definition) is 3. The van der Waals surface area contributed by atoms with E-state index in [0.29, 0.717) is 0 Å². The van der Waals surface area contributed by atoms with Gasteiger partial charge >= 0.3 is 14.5 Å². The van der Waals surface area contributed by atoms with Gasteiger partial charge in [-0.3, -0.25) is 0 Å². The summed E-state index contributed by atoms with van der Waals surface area (Å²) >= 11 is 3.97. The minimum atomic E-state index is -5.42. The van der Waals surface area contributed by atoms with Crippen LogP contribution >= 0.6 is 14.5 Å². The van der Waals surface area contributed by atoms with Crippen molar-refractivity contribution in [1.29, 1.82) is 0 Å². The number of rotatable bonds is 4. The molecule has 6 nitrogen and oxygen atoms in total. The van der Waals surface area contributed by atoms with Crippen LogP contribution in [0.25, 0.3) is 0 Å². The van der Waals surface area contributed by atoms with Gasteiger partial charge in [-0.1, -0.05) is 0 Å². The molecule has 1 unspecified atom stereocenters. The van der Waals surface area contributed by atoms with Crippen molar-refractivity contribution >= 4 is 26.3 Å². The van der Waals surface area contributed by atoms with Crippen molar-refractivity contribution in [2.24, 2.45) is 0 Å². The second-order valence-corrected chi connectivity index (χ2v) is 7.17. The van der Waals surface area contributed by atoms with Crippen LogP contribution in [0.15, 0.2) is 0 Å². The Balaban J connectivity index is 3.30. The third-order valence-electron chi connectivity index (χ3n) is 1.59. The fraction of sp³-hybridized carbons (Fsp3) is 0. The summed E-state index contributed by atoms with van der Waals surface area (Å²) in [5.74, 6) is -14.3. The van der Waals surface area contributed by atoms with E-state index in [9.17, 15) is 26.5 Å². The molecule has 1 rings (SSSR count). The van der Waals surface area contributed by atoms with Gasteiger partial charge in [0, 0.05) is 11.8 Å². The van der Waals surface area contributed by atoms with Crippen LogP contribution in [-0.4, -0.2) is 14.7 Å². The van der Waals surface area contributed by atoms with Crippen LogP contribution in [-0.2, 0) is 20.7 Å².